The smallest absolute Gasteiger partial charge is 0.315 e. The zero-order chi connectivity index (χ0) is 17.7. The Kier molecular flexibility index (Phi) is 5.68. The molecule has 1 aromatic heterocycles. The van der Waals surface area contributed by atoms with Crippen molar-refractivity contribution in [3.63, 3.8) is 0 Å². The van der Waals surface area contributed by atoms with E-state index in [1.807, 2.05) is 32.9 Å². The van der Waals surface area contributed by atoms with Crippen LogP contribution in [0.2, 0.25) is 0 Å². The normalized spacial score (nSPS) is 10.6. The number of nitrogens with zero attached hydrogens (tertiary/aromatic N) is 1. The molecule has 2 amide bonds. The van der Waals surface area contributed by atoms with Crippen LogP contribution < -0.4 is 20.1 Å². The largest absolute Gasteiger partial charge is 0.497 e. The van der Waals surface area contributed by atoms with Crippen LogP contribution in [0.25, 0.3) is 11.5 Å². The SMILES string of the molecule is COc1ccc(-c2nc(CNC(=O)NC(C)C)c(C)o2)c(OC)c1. The van der Waals surface area contributed by atoms with Gasteiger partial charge in [-0.1, -0.05) is 0 Å². The van der Waals surface area contributed by atoms with Gasteiger partial charge in [0.2, 0.25) is 5.89 Å². The van der Waals surface area contributed by atoms with Crippen LogP contribution in [0.1, 0.15) is 25.3 Å². The monoisotopic (exact) mass is 333 g/mol. The summed E-state index contributed by atoms with van der Waals surface area (Å²) >= 11 is 0. The third kappa shape index (κ3) is 4.18. The Bertz CT molecular complexity index is 710. The summed E-state index contributed by atoms with van der Waals surface area (Å²) < 4.78 is 16.3. The molecule has 0 saturated heterocycles. The van der Waals surface area contributed by atoms with Gasteiger partial charge in [-0.25, -0.2) is 9.78 Å². The second-order valence-corrected chi connectivity index (χ2v) is 5.57. The number of hydrogen-bond donors (Lipinski definition) is 2. The molecule has 0 radical (unpaired) electrons. The summed E-state index contributed by atoms with van der Waals surface area (Å²) in [6.07, 6.45) is 0. The number of urea groups is 1. The van der Waals surface area contributed by atoms with Gasteiger partial charge in [0.25, 0.3) is 0 Å². The fraction of sp³-hybridized carbons (Fsp3) is 0.412. The lowest BCUT2D eigenvalue weighted by Gasteiger charge is -2.09. The van der Waals surface area contributed by atoms with Crippen molar-refractivity contribution in [2.45, 2.75) is 33.4 Å². The first-order chi connectivity index (χ1) is 11.4. The van der Waals surface area contributed by atoms with E-state index in [1.54, 1.807) is 20.3 Å². The number of nitrogens with one attached hydrogen (secondary N) is 2. The molecule has 2 rings (SSSR count). The van der Waals surface area contributed by atoms with E-state index in [0.29, 0.717) is 28.8 Å². The molecule has 0 aliphatic rings. The quantitative estimate of drug-likeness (QED) is 0.849. The molecule has 24 heavy (non-hydrogen) atoms. The standard InChI is InChI=1S/C17H23N3O4/c1-10(2)19-17(21)18-9-14-11(3)24-16(20-14)13-7-6-12(22-4)8-15(13)23-5/h6-8,10H,9H2,1-5H3,(H2,18,19,21). The van der Waals surface area contributed by atoms with Crippen LogP contribution in [0.3, 0.4) is 0 Å². The fourth-order valence-corrected chi connectivity index (χ4v) is 2.16. The van der Waals surface area contributed by atoms with Gasteiger partial charge >= 0.3 is 6.03 Å². The van der Waals surface area contributed by atoms with Crippen molar-refractivity contribution < 1.29 is 18.7 Å². The molecule has 0 aliphatic heterocycles. The van der Waals surface area contributed by atoms with Crippen LogP contribution >= 0.6 is 0 Å². The van der Waals surface area contributed by atoms with Crippen LogP contribution in [-0.4, -0.2) is 31.3 Å². The van der Waals surface area contributed by atoms with Crippen LogP contribution in [0.5, 0.6) is 11.5 Å². The highest BCUT2D eigenvalue weighted by Gasteiger charge is 2.16. The summed E-state index contributed by atoms with van der Waals surface area (Å²) in [6.45, 7) is 5.89. The molecule has 1 heterocycles. The molecule has 0 fully saturated rings. The lowest BCUT2D eigenvalue weighted by Crippen LogP contribution is -2.39. The molecule has 0 bridgehead atoms. The van der Waals surface area contributed by atoms with Crippen molar-refractivity contribution in [2.75, 3.05) is 14.2 Å². The molecule has 0 saturated carbocycles. The predicted octanol–water partition coefficient (Wildman–Crippen LogP) is 2.87. The number of oxazole rings is 1. The predicted molar refractivity (Wildman–Crippen MR) is 90.3 cm³/mol. The van der Waals surface area contributed by atoms with Crippen molar-refractivity contribution in [3.05, 3.63) is 29.7 Å². The van der Waals surface area contributed by atoms with Crippen molar-refractivity contribution in [2.24, 2.45) is 0 Å². The Balaban J connectivity index is 2.18. The Hall–Kier alpha value is -2.70. The Labute approximate surface area is 141 Å². The van der Waals surface area contributed by atoms with Gasteiger partial charge in [0.15, 0.2) is 0 Å². The van der Waals surface area contributed by atoms with E-state index in [4.69, 9.17) is 13.9 Å². The van der Waals surface area contributed by atoms with Crippen LogP contribution in [-0.2, 0) is 6.54 Å². The molecule has 7 nitrogen and oxygen atoms in total. The van der Waals surface area contributed by atoms with Gasteiger partial charge in [-0.2, -0.15) is 0 Å². The average Bonchev–Trinajstić information content (AvgIpc) is 2.92. The van der Waals surface area contributed by atoms with Crippen molar-refractivity contribution >= 4 is 6.03 Å². The Morgan fingerprint density at radius 3 is 2.67 bits per heavy atom. The number of amides is 2. The zero-order valence-corrected chi connectivity index (χ0v) is 14.6. The maximum absolute atomic E-state index is 11.7. The number of aryl methyl sites for hydroxylation is 1. The summed E-state index contributed by atoms with van der Waals surface area (Å²) in [7, 11) is 3.17. The molecule has 0 aliphatic carbocycles. The molecule has 0 unspecified atom stereocenters. The van der Waals surface area contributed by atoms with Crippen molar-refractivity contribution in [3.8, 4) is 23.0 Å². The van der Waals surface area contributed by atoms with E-state index in [9.17, 15) is 4.79 Å². The maximum Gasteiger partial charge on any atom is 0.315 e. The number of carbonyl (C=O) groups excluding carboxylic acids is 1. The molecule has 2 N–H and O–H groups in total. The second kappa shape index (κ2) is 7.72. The van der Waals surface area contributed by atoms with Crippen LogP contribution in [0, 0.1) is 6.92 Å². The first-order valence-corrected chi connectivity index (χ1v) is 7.67. The number of rotatable bonds is 6. The molecule has 0 atom stereocenters. The average molecular weight is 333 g/mol. The van der Waals surface area contributed by atoms with Gasteiger partial charge in [-0.05, 0) is 32.9 Å². The highest BCUT2D eigenvalue weighted by atomic mass is 16.5. The highest BCUT2D eigenvalue weighted by Crippen LogP contribution is 2.33. The molecule has 2 aromatic rings. The van der Waals surface area contributed by atoms with Gasteiger partial charge in [0.05, 0.1) is 26.3 Å². The molecule has 1 aromatic carbocycles. The van der Waals surface area contributed by atoms with E-state index in [2.05, 4.69) is 15.6 Å². The third-order valence-electron chi connectivity index (χ3n) is 3.37. The van der Waals surface area contributed by atoms with Gasteiger partial charge in [-0.3, -0.25) is 0 Å². The Morgan fingerprint density at radius 2 is 2.04 bits per heavy atom. The number of carbonyl (C=O) groups is 1. The minimum atomic E-state index is -0.240. The summed E-state index contributed by atoms with van der Waals surface area (Å²) in [6, 6.07) is 5.23. The van der Waals surface area contributed by atoms with Crippen LogP contribution in [0.15, 0.2) is 22.6 Å². The first-order valence-electron chi connectivity index (χ1n) is 7.67. The summed E-state index contributed by atoms with van der Waals surface area (Å²) in [5.41, 5.74) is 1.39. The zero-order valence-electron chi connectivity index (χ0n) is 14.6. The van der Waals surface area contributed by atoms with E-state index in [-0.39, 0.29) is 18.6 Å². The topological polar surface area (TPSA) is 85.6 Å². The first kappa shape index (κ1) is 17.7. The van der Waals surface area contributed by atoms with Gasteiger partial charge in [0.1, 0.15) is 23.0 Å². The molecule has 7 heteroatoms. The van der Waals surface area contributed by atoms with E-state index in [0.717, 1.165) is 5.56 Å². The lowest BCUT2D eigenvalue weighted by atomic mass is 10.2. The van der Waals surface area contributed by atoms with Crippen LogP contribution in [0.4, 0.5) is 4.79 Å². The van der Waals surface area contributed by atoms with Gasteiger partial charge in [-0.15, -0.1) is 0 Å². The van der Waals surface area contributed by atoms with Gasteiger partial charge in [0, 0.05) is 12.1 Å². The number of aromatic nitrogens is 1. The molecule has 130 valence electrons. The van der Waals surface area contributed by atoms with E-state index >= 15 is 0 Å². The molecular formula is C17H23N3O4. The maximum atomic E-state index is 11.7. The minimum Gasteiger partial charge on any atom is -0.497 e. The summed E-state index contributed by atoms with van der Waals surface area (Å²) in [5, 5.41) is 5.52. The number of benzene rings is 1. The fourth-order valence-electron chi connectivity index (χ4n) is 2.16. The molecular weight excluding hydrogens is 310 g/mol. The summed E-state index contributed by atoms with van der Waals surface area (Å²) in [5.74, 6) is 2.37. The number of hydrogen-bond acceptors (Lipinski definition) is 5. The van der Waals surface area contributed by atoms with Gasteiger partial charge < -0.3 is 24.5 Å². The second-order valence-electron chi connectivity index (χ2n) is 5.57. The number of methoxy groups -OCH3 is 2. The Morgan fingerprint density at radius 1 is 1.29 bits per heavy atom. The van der Waals surface area contributed by atoms with Crippen molar-refractivity contribution in [1.82, 2.24) is 15.6 Å². The number of ether oxygens (including phenoxy) is 2. The lowest BCUT2D eigenvalue weighted by molar-refractivity contribution is 0.238. The molecule has 0 spiro atoms. The van der Waals surface area contributed by atoms with Crippen molar-refractivity contribution in [1.29, 1.82) is 0 Å². The minimum absolute atomic E-state index is 0.0718. The third-order valence-corrected chi connectivity index (χ3v) is 3.37. The van der Waals surface area contributed by atoms with E-state index < -0.39 is 0 Å². The highest BCUT2D eigenvalue weighted by molar-refractivity contribution is 5.74. The van der Waals surface area contributed by atoms with E-state index in [1.165, 1.54) is 0 Å². The summed E-state index contributed by atoms with van der Waals surface area (Å²) in [4.78, 5) is 16.1.